The number of carbonyl (C=O) groups is 1. The zero-order valence-electron chi connectivity index (χ0n) is 9.97. The fraction of sp³-hybridized carbons (Fsp3) is 0.462. The fourth-order valence-corrected chi connectivity index (χ4v) is 1.75. The van der Waals surface area contributed by atoms with Crippen LogP contribution in [0.25, 0.3) is 0 Å². The van der Waals surface area contributed by atoms with Gasteiger partial charge in [0.1, 0.15) is 6.04 Å². The Morgan fingerprint density at radius 2 is 2.00 bits per heavy atom. The van der Waals surface area contributed by atoms with E-state index >= 15 is 0 Å². The monoisotopic (exact) mass is 237 g/mol. The molecule has 0 aliphatic carbocycles. The molecule has 1 aromatic rings. The molecule has 3 N–H and O–H groups in total. The van der Waals surface area contributed by atoms with Crippen molar-refractivity contribution in [2.24, 2.45) is 0 Å². The predicted octanol–water partition coefficient (Wildman–Crippen LogP) is 1.56. The van der Waals surface area contributed by atoms with Gasteiger partial charge >= 0.3 is 5.97 Å². The van der Waals surface area contributed by atoms with Gasteiger partial charge in [0.2, 0.25) is 0 Å². The second-order valence-electron chi connectivity index (χ2n) is 3.97. The van der Waals surface area contributed by atoms with Gasteiger partial charge in [-0.05, 0) is 18.4 Å². The van der Waals surface area contributed by atoms with Crippen LogP contribution in [0.3, 0.4) is 0 Å². The standard InChI is InChI=1S/C13H19NO3/c1-2-11(8-9-15)14-12(13(16)17)10-6-4-3-5-7-10/h3-7,11-12,14-15H,2,8-9H2,1H3,(H,16,17). The van der Waals surface area contributed by atoms with Crippen LogP contribution in [0.2, 0.25) is 0 Å². The molecule has 2 atom stereocenters. The number of benzene rings is 1. The summed E-state index contributed by atoms with van der Waals surface area (Å²) < 4.78 is 0. The molecule has 0 aliphatic heterocycles. The molecule has 0 bridgehead atoms. The summed E-state index contributed by atoms with van der Waals surface area (Å²) in [6.07, 6.45) is 1.35. The number of hydrogen-bond donors (Lipinski definition) is 3. The Bertz CT molecular complexity index is 340. The first kappa shape index (κ1) is 13.7. The highest BCUT2D eigenvalue weighted by Crippen LogP contribution is 2.15. The van der Waals surface area contributed by atoms with Crippen LogP contribution < -0.4 is 5.32 Å². The van der Waals surface area contributed by atoms with E-state index in [2.05, 4.69) is 5.32 Å². The molecule has 0 radical (unpaired) electrons. The van der Waals surface area contributed by atoms with Gasteiger partial charge in [-0.15, -0.1) is 0 Å². The Balaban J connectivity index is 2.77. The largest absolute Gasteiger partial charge is 0.480 e. The molecule has 94 valence electrons. The number of carboxylic acid groups (broad SMARTS) is 1. The second kappa shape index (κ2) is 7.04. The average Bonchev–Trinajstić information content (AvgIpc) is 2.35. The molecule has 0 heterocycles. The van der Waals surface area contributed by atoms with Crippen molar-refractivity contribution in [3.8, 4) is 0 Å². The number of carboxylic acids is 1. The maximum Gasteiger partial charge on any atom is 0.325 e. The number of aliphatic hydroxyl groups excluding tert-OH is 1. The van der Waals surface area contributed by atoms with Gasteiger partial charge in [-0.3, -0.25) is 10.1 Å². The molecule has 2 unspecified atom stereocenters. The van der Waals surface area contributed by atoms with Gasteiger partial charge in [-0.1, -0.05) is 37.3 Å². The normalized spacial score (nSPS) is 14.2. The molecule has 0 fully saturated rings. The third-order valence-electron chi connectivity index (χ3n) is 2.75. The van der Waals surface area contributed by atoms with Crippen LogP contribution in [0, 0.1) is 0 Å². The van der Waals surface area contributed by atoms with E-state index in [1.807, 2.05) is 25.1 Å². The Labute approximate surface area is 101 Å². The van der Waals surface area contributed by atoms with E-state index < -0.39 is 12.0 Å². The van der Waals surface area contributed by atoms with Crippen LogP contribution in [-0.2, 0) is 4.79 Å². The summed E-state index contributed by atoms with van der Waals surface area (Å²) in [6.45, 7) is 2.03. The van der Waals surface area contributed by atoms with E-state index in [0.717, 1.165) is 12.0 Å². The summed E-state index contributed by atoms with van der Waals surface area (Å²) in [5, 5.41) is 21.2. The average molecular weight is 237 g/mol. The smallest absolute Gasteiger partial charge is 0.325 e. The number of aliphatic carboxylic acids is 1. The first-order valence-corrected chi connectivity index (χ1v) is 5.83. The summed E-state index contributed by atoms with van der Waals surface area (Å²) in [5.41, 5.74) is 0.733. The van der Waals surface area contributed by atoms with Crippen molar-refractivity contribution in [2.45, 2.75) is 31.8 Å². The first-order valence-electron chi connectivity index (χ1n) is 5.83. The van der Waals surface area contributed by atoms with Crippen molar-refractivity contribution in [3.63, 3.8) is 0 Å². The molecule has 0 spiro atoms. The zero-order valence-corrected chi connectivity index (χ0v) is 9.97. The Morgan fingerprint density at radius 1 is 1.35 bits per heavy atom. The van der Waals surface area contributed by atoms with E-state index in [1.54, 1.807) is 12.1 Å². The highest BCUT2D eigenvalue weighted by Gasteiger charge is 2.21. The van der Waals surface area contributed by atoms with Gasteiger partial charge in [0.25, 0.3) is 0 Å². The van der Waals surface area contributed by atoms with E-state index in [0.29, 0.717) is 6.42 Å². The van der Waals surface area contributed by atoms with Crippen LogP contribution >= 0.6 is 0 Å². The van der Waals surface area contributed by atoms with E-state index in [9.17, 15) is 9.90 Å². The van der Waals surface area contributed by atoms with Crippen molar-refractivity contribution < 1.29 is 15.0 Å². The quantitative estimate of drug-likeness (QED) is 0.673. The van der Waals surface area contributed by atoms with Crippen LogP contribution in [0.15, 0.2) is 30.3 Å². The third-order valence-corrected chi connectivity index (χ3v) is 2.75. The van der Waals surface area contributed by atoms with Gasteiger partial charge in [0, 0.05) is 12.6 Å². The topological polar surface area (TPSA) is 69.6 Å². The molecule has 0 aromatic heterocycles. The van der Waals surface area contributed by atoms with Crippen LogP contribution in [0.5, 0.6) is 0 Å². The van der Waals surface area contributed by atoms with Gasteiger partial charge in [0.15, 0.2) is 0 Å². The van der Waals surface area contributed by atoms with E-state index in [-0.39, 0.29) is 12.6 Å². The van der Waals surface area contributed by atoms with Crippen molar-refractivity contribution in [1.82, 2.24) is 5.32 Å². The summed E-state index contributed by atoms with van der Waals surface area (Å²) >= 11 is 0. The number of hydrogen-bond acceptors (Lipinski definition) is 3. The lowest BCUT2D eigenvalue weighted by Crippen LogP contribution is -2.37. The molecular formula is C13H19NO3. The minimum Gasteiger partial charge on any atom is -0.480 e. The van der Waals surface area contributed by atoms with Gasteiger partial charge in [-0.25, -0.2) is 0 Å². The number of aliphatic hydroxyl groups is 1. The summed E-state index contributed by atoms with van der Waals surface area (Å²) in [5.74, 6) is -0.896. The first-order chi connectivity index (χ1) is 8.19. The molecule has 0 saturated heterocycles. The lowest BCUT2D eigenvalue weighted by Gasteiger charge is -2.22. The van der Waals surface area contributed by atoms with Crippen LogP contribution in [0.1, 0.15) is 31.4 Å². The molecule has 0 saturated carbocycles. The molecule has 4 heteroatoms. The summed E-state index contributed by atoms with van der Waals surface area (Å²) in [4.78, 5) is 11.2. The molecule has 1 rings (SSSR count). The lowest BCUT2D eigenvalue weighted by atomic mass is 10.0. The van der Waals surface area contributed by atoms with Gasteiger partial charge in [0.05, 0.1) is 0 Å². The van der Waals surface area contributed by atoms with E-state index in [4.69, 9.17) is 5.11 Å². The minimum atomic E-state index is -0.896. The Morgan fingerprint density at radius 3 is 2.47 bits per heavy atom. The lowest BCUT2D eigenvalue weighted by molar-refractivity contribution is -0.140. The molecule has 17 heavy (non-hydrogen) atoms. The van der Waals surface area contributed by atoms with Gasteiger partial charge in [-0.2, -0.15) is 0 Å². The highest BCUT2D eigenvalue weighted by atomic mass is 16.4. The van der Waals surface area contributed by atoms with Crippen molar-refractivity contribution in [1.29, 1.82) is 0 Å². The molecule has 0 aliphatic rings. The van der Waals surface area contributed by atoms with Gasteiger partial charge < -0.3 is 10.2 Å². The van der Waals surface area contributed by atoms with Crippen molar-refractivity contribution in [3.05, 3.63) is 35.9 Å². The molecule has 0 amide bonds. The fourth-order valence-electron chi connectivity index (χ4n) is 1.75. The Hall–Kier alpha value is -1.39. The Kier molecular flexibility index (Phi) is 5.66. The highest BCUT2D eigenvalue weighted by molar-refractivity contribution is 5.75. The molecular weight excluding hydrogens is 218 g/mol. The molecule has 4 nitrogen and oxygen atoms in total. The van der Waals surface area contributed by atoms with Crippen LogP contribution in [0.4, 0.5) is 0 Å². The van der Waals surface area contributed by atoms with Crippen molar-refractivity contribution >= 4 is 5.97 Å². The number of nitrogens with one attached hydrogen (secondary N) is 1. The van der Waals surface area contributed by atoms with E-state index in [1.165, 1.54) is 0 Å². The SMILES string of the molecule is CCC(CCO)NC(C(=O)O)c1ccccc1. The summed E-state index contributed by atoms with van der Waals surface area (Å²) in [7, 11) is 0. The minimum absolute atomic E-state index is 0.0151. The molecule has 1 aromatic carbocycles. The third kappa shape index (κ3) is 4.17. The number of rotatable bonds is 7. The van der Waals surface area contributed by atoms with Crippen molar-refractivity contribution in [2.75, 3.05) is 6.61 Å². The van der Waals surface area contributed by atoms with Crippen LogP contribution in [-0.4, -0.2) is 28.8 Å². The summed E-state index contributed by atoms with van der Waals surface area (Å²) in [6, 6.07) is 8.37. The zero-order chi connectivity index (χ0) is 12.7. The maximum atomic E-state index is 11.2. The maximum absolute atomic E-state index is 11.2. The second-order valence-corrected chi connectivity index (χ2v) is 3.97. The predicted molar refractivity (Wildman–Crippen MR) is 65.7 cm³/mol.